The number of pyridine rings is 1. The Morgan fingerprint density at radius 1 is 1.28 bits per heavy atom. The van der Waals surface area contributed by atoms with Crippen molar-refractivity contribution in [1.82, 2.24) is 4.57 Å². The first kappa shape index (κ1) is 22.0. The number of aromatic nitrogens is 1. The molecule has 32 heavy (non-hydrogen) atoms. The van der Waals surface area contributed by atoms with Gasteiger partial charge in [0.25, 0.3) is 5.56 Å². The van der Waals surface area contributed by atoms with Gasteiger partial charge in [-0.15, -0.1) is 0 Å². The lowest BCUT2D eigenvalue weighted by Gasteiger charge is -2.29. The molecule has 1 atom stereocenters. The second kappa shape index (κ2) is 8.07. The lowest BCUT2D eigenvalue weighted by atomic mass is 9.98. The molecule has 2 aromatic rings. The Balaban J connectivity index is 1.99. The van der Waals surface area contributed by atoms with Crippen LogP contribution in [0, 0.1) is 11.3 Å². The molecule has 2 aliphatic rings. The van der Waals surface area contributed by atoms with Crippen LogP contribution in [0.15, 0.2) is 27.9 Å². The average Bonchev–Trinajstić information content (AvgIpc) is 3.59. The molecule has 1 N–H and O–H groups in total. The molecule has 0 saturated heterocycles. The van der Waals surface area contributed by atoms with Crippen molar-refractivity contribution in [3.63, 3.8) is 0 Å². The van der Waals surface area contributed by atoms with Gasteiger partial charge in [-0.1, -0.05) is 0 Å². The number of hydrogen-bond acceptors (Lipinski definition) is 7. The standard InChI is InChI=1S/C22H22N2O7S/c1-12-15-9-17(22(26)27)21(25)24(14-4-5-14)20(15)16-8-13(11-23)18(31-7-3-6-30-2)10-19(16)32(12,28)29/h8-10,12,14H,3-7H2,1-2H3,(H,26,27). The maximum absolute atomic E-state index is 13.4. The molecule has 0 radical (unpaired) electrons. The molecule has 1 unspecified atom stereocenters. The summed E-state index contributed by atoms with van der Waals surface area (Å²) < 4.78 is 38.8. The molecule has 1 aliphatic carbocycles. The number of hydrogen-bond donors (Lipinski definition) is 1. The molecule has 4 rings (SSSR count). The number of carboxylic acids is 1. The summed E-state index contributed by atoms with van der Waals surface area (Å²) >= 11 is 0. The summed E-state index contributed by atoms with van der Waals surface area (Å²) in [6.07, 6.45) is 1.94. The van der Waals surface area contributed by atoms with E-state index in [1.807, 2.05) is 6.07 Å². The molecule has 0 bridgehead atoms. The van der Waals surface area contributed by atoms with Crippen molar-refractivity contribution < 1.29 is 27.8 Å². The predicted molar refractivity (Wildman–Crippen MR) is 114 cm³/mol. The maximum Gasteiger partial charge on any atom is 0.341 e. The minimum absolute atomic E-state index is 0.0323. The minimum Gasteiger partial charge on any atom is -0.492 e. The SMILES string of the molecule is COCCCOc1cc2c(cc1C#N)-c1c(cc(C(=O)O)c(=O)n1C1CC1)C(C)S2(=O)=O. The highest BCUT2D eigenvalue weighted by Gasteiger charge is 2.41. The van der Waals surface area contributed by atoms with Gasteiger partial charge in [-0.25, -0.2) is 13.2 Å². The Labute approximate surface area is 184 Å². The molecular formula is C22H22N2O7S. The van der Waals surface area contributed by atoms with Crippen LogP contribution in [0.4, 0.5) is 0 Å². The van der Waals surface area contributed by atoms with E-state index in [1.54, 1.807) is 7.11 Å². The van der Waals surface area contributed by atoms with Gasteiger partial charge in [0.15, 0.2) is 9.84 Å². The van der Waals surface area contributed by atoms with Crippen LogP contribution in [0.5, 0.6) is 5.75 Å². The van der Waals surface area contributed by atoms with Crippen LogP contribution in [-0.2, 0) is 14.6 Å². The number of aromatic carboxylic acids is 1. The second-order valence-corrected chi connectivity index (χ2v) is 10.1. The van der Waals surface area contributed by atoms with Crippen LogP contribution in [0.1, 0.15) is 59.0 Å². The quantitative estimate of drug-likeness (QED) is 0.626. The van der Waals surface area contributed by atoms with Crippen LogP contribution in [0.3, 0.4) is 0 Å². The zero-order chi connectivity index (χ0) is 23.2. The Morgan fingerprint density at radius 3 is 2.59 bits per heavy atom. The fraction of sp³-hybridized carbons (Fsp3) is 0.409. The zero-order valence-electron chi connectivity index (χ0n) is 17.6. The second-order valence-electron chi connectivity index (χ2n) is 7.91. The number of sulfone groups is 1. The molecule has 1 aliphatic heterocycles. The van der Waals surface area contributed by atoms with Crippen molar-refractivity contribution >= 4 is 15.8 Å². The highest BCUT2D eigenvalue weighted by molar-refractivity contribution is 7.92. The highest BCUT2D eigenvalue weighted by atomic mass is 32.2. The molecule has 10 heteroatoms. The molecular weight excluding hydrogens is 436 g/mol. The van der Waals surface area contributed by atoms with E-state index in [0.717, 1.165) is 6.07 Å². The molecule has 1 fully saturated rings. The smallest absolute Gasteiger partial charge is 0.341 e. The third-order valence-corrected chi connectivity index (χ3v) is 7.96. The van der Waals surface area contributed by atoms with E-state index < -0.39 is 32.2 Å². The van der Waals surface area contributed by atoms with Gasteiger partial charge in [-0.3, -0.25) is 4.79 Å². The van der Waals surface area contributed by atoms with Gasteiger partial charge >= 0.3 is 5.97 Å². The number of carbonyl (C=O) groups is 1. The fourth-order valence-electron chi connectivity index (χ4n) is 4.02. The van der Waals surface area contributed by atoms with Crippen LogP contribution in [-0.4, -0.2) is 44.4 Å². The summed E-state index contributed by atoms with van der Waals surface area (Å²) in [5.74, 6) is -1.26. The molecule has 1 saturated carbocycles. The average molecular weight is 458 g/mol. The van der Waals surface area contributed by atoms with Crippen molar-refractivity contribution in [2.75, 3.05) is 20.3 Å². The third kappa shape index (κ3) is 3.47. The van der Waals surface area contributed by atoms with E-state index >= 15 is 0 Å². The number of rotatable bonds is 7. The topological polar surface area (TPSA) is 136 Å². The first-order valence-corrected chi connectivity index (χ1v) is 11.7. The predicted octanol–water partition coefficient (Wildman–Crippen LogP) is 2.68. The Hall–Kier alpha value is -3.16. The summed E-state index contributed by atoms with van der Waals surface area (Å²) in [6, 6.07) is 5.74. The molecule has 0 amide bonds. The first-order valence-electron chi connectivity index (χ1n) is 10.2. The number of nitriles is 1. The Bertz CT molecular complexity index is 1320. The monoisotopic (exact) mass is 458 g/mol. The number of methoxy groups -OCH3 is 1. The summed E-state index contributed by atoms with van der Waals surface area (Å²) in [7, 11) is -2.36. The Morgan fingerprint density at radius 2 is 2.00 bits per heavy atom. The molecule has 1 aromatic carbocycles. The lowest BCUT2D eigenvalue weighted by molar-refractivity contribution is 0.0694. The molecule has 2 heterocycles. The normalized spacial score (nSPS) is 18.3. The summed E-state index contributed by atoms with van der Waals surface area (Å²) in [6.45, 7) is 2.17. The van der Waals surface area contributed by atoms with Crippen molar-refractivity contribution in [1.29, 1.82) is 5.26 Å². The first-order chi connectivity index (χ1) is 15.2. The van der Waals surface area contributed by atoms with Gasteiger partial charge in [0, 0.05) is 37.8 Å². The van der Waals surface area contributed by atoms with Gasteiger partial charge in [-0.2, -0.15) is 5.26 Å². The van der Waals surface area contributed by atoms with Crippen LogP contribution >= 0.6 is 0 Å². The molecule has 1 aromatic heterocycles. The van der Waals surface area contributed by atoms with Crippen molar-refractivity contribution in [3.05, 3.63) is 45.2 Å². The third-order valence-electron chi connectivity index (χ3n) is 5.82. The zero-order valence-corrected chi connectivity index (χ0v) is 18.4. The lowest BCUT2D eigenvalue weighted by Crippen LogP contribution is -2.32. The molecule has 168 valence electrons. The van der Waals surface area contributed by atoms with E-state index in [9.17, 15) is 28.4 Å². The molecule has 0 spiro atoms. The van der Waals surface area contributed by atoms with Gasteiger partial charge in [0.05, 0.1) is 28.0 Å². The van der Waals surface area contributed by atoms with E-state index in [-0.39, 0.29) is 40.0 Å². The largest absolute Gasteiger partial charge is 0.492 e. The van der Waals surface area contributed by atoms with Gasteiger partial charge < -0.3 is 19.1 Å². The van der Waals surface area contributed by atoms with Gasteiger partial charge in [0.1, 0.15) is 17.4 Å². The van der Waals surface area contributed by atoms with E-state index in [4.69, 9.17) is 9.47 Å². The summed E-state index contributed by atoms with van der Waals surface area (Å²) in [5, 5.41) is 18.1. The van der Waals surface area contributed by atoms with Gasteiger partial charge in [-0.05, 0) is 37.5 Å². The number of nitrogens with zero attached hydrogens (tertiary/aromatic N) is 2. The van der Waals surface area contributed by atoms with Crippen LogP contribution < -0.4 is 10.3 Å². The van der Waals surface area contributed by atoms with Gasteiger partial charge in [0.2, 0.25) is 0 Å². The molecule has 9 nitrogen and oxygen atoms in total. The summed E-state index contributed by atoms with van der Waals surface area (Å²) in [4.78, 5) is 24.6. The number of fused-ring (bicyclic) bond motifs is 3. The Kier molecular flexibility index (Phi) is 5.56. The fourth-order valence-corrected chi connectivity index (χ4v) is 5.65. The van der Waals surface area contributed by atoms with E-state index in [1.165, 1.54) is 23.6 Å². The van der Waals surface area contributed by atoms with Crippen LogP contribution in [0.25, 0.3) is 11.3 Å². The summed E-state index contributed by atoms with van der Waals surface area (Å²) in [5.41, 5.74) is -0.163. The number of carboxylic acid groups (broad SMARTS) is 1. The van der Waals surface area contributed by atoms with Crippen molar-refractivity contribution in [2.24, 2.45) is 0 Å². The van der Waals surface area contributed by atoms with E-state index in [2.05, 4.69) is 0 Å². The van der Waals surface area contributed by atoms with Crippen LogP contribution in [0.2, 0.25) is 0 Å². The number of ether oxygens (including phenoxy) is 2. The van der Waals surface area contributed by atoms with Crippen molar-refractivity contribution in [2.45, 2.75) is 42.4 Å². The van der Waals surface area contributed by atoms with E-state index in [0.29, 0.717) is 31.6 Å². The minimum atomic E-state index is -3.92. The van der Waals surface area contributed by atoms with Crippen molar-refractivity contribution in [3.8, 4) is 23.1 Å². The number of benzene rings is 1. The maximum atomic E-state index is 13.4. The highest BCUT2D eigenvalue weighted by Crippen LogP contribution is 2.49.